The van der Waals surface area contributed by atoms with Crippen molar-refractivity contribution in [1.29, 1.82) is 0 Å². The van der Waals surface area contributed by atoms with Crippen LogP contribution < -0.4 is 0 Å². The van der Waals surface area contributed by atoms with Crippen LogP contribution >= 0.6 is 0 Å². The van der Waals surface area contributed by atoms with Crippen molar-refractivity contribution in [2.45, 2.75) is 13.5 Å². The van der Waals surface area contributed by atoms with Crippen LogP contribution in [0.25, 0.3) is 0 Å². The Kier molecular flexibility index (Phi) is 4.78. The number of nitrogens with zero attached hydrogens (tertiary/aromatic N) is 4. The van der Waals surface area contributed by atoms with E-state index in [9.17, 15) is 4.79 Å². The molecule has 0 atom stereocenters. The van der Waals surface area contributed by atoms with E-state index >= 15 is 0 Å². The van der Waals surface area contributed by atoms with Gasteiger partial charge in [-0.15, -0.1) is 5.10 Å². The van der Waals surface area contributed by atoms with E-state index in [1.165, 1.54) is 0 Å². The lowest BCUT2D eigenvalue weighted by Crippen LogP contribution is -2.12. The predicted molar refractivity (Wildman–Crippen MR) is 70.3 cm³/mol. The first kappa shape index (κ1) is 14.1. The van der Waals surface area contributed by atoms with Crippen molar-refractivity contribution < 1.29 is 14.3 Å². The molecule has 0 fully saturated rings. The van der Waals surface area contributed by atoms with Crippen molar-refractivity contribution in [2.24, 2.45) is 0 Å². The van der Waals surface area contributed by atoms with Crippen LogP contribution in [0.3, 0.4) is 0 Å². The number of ether oxygens (including phenoxy) is 2. The van der Waals surface area contributed by atoms with Gasteiger partial charge in [0.25, 0.3) is 0 Å². The van der Waals surface area contributed by atoms with Crippen molar-refractivity contribution in [3.05, 3.63) is 41.5 Å². The molecule has 106 valence electrons. The van der Waals surface area contributed by atoms with Crippen LogP contribution in [0.2, 0.25) is 0 Å². The maximum atomic E-state index is 11.8. The van der Waals surface area contributed by atoms with Crippen LogP contribution in [0.1, 0.15) is 21.7 Å². The molecule has 0 amide bonds. The SMILES string of the molecule is COCCOC(=O)c1nnn(Cc2cccnc2)c1C. The Morgan fingerprint density at radius 3 is 2.95 bits per heavy atom. The number of esters is 1. The molecule has 2 heterocycles. The molecule has 7 nitrogen and oxygen atoms in total. The molecule has 2 rings (SSSR count). The van der Waals surface area contributed by atoms with E-state index in [-0.39, 0.29) is 12.3 Å². The summed E-state index contributed by atoms with van der Waals surface area (Å²) in [5.74, 6) is -0.489. The molecule has 0 spiro atoms. The van der Waals surface area contributed by atoms with E-state index in [2.05, 4.69) is 15.3 Å². The number of carbonyl (C=O) groups is 1. The fourth-order valence-electron chi connectivity index (χ4n) is 1.65. The number of carbonyl (C=O) groups excluding carboxylic acids is 1. The largest absolute Gasteiger partial charge is 0.458 e. The van der Waals surface area contributed by atoms with Gasteiger partial charge >= 0.3 is 5.97 Å². The predicted octanol–water partition coefficient (Wildman–Crippen LogP) is 0.833. The Morgan fingerprint density at radius 2 is 2.25 bits per heavy atom. The first-order valence-electron chi connectivity index (χ1n) is 6.17. The highest BCUT2D eigenvalue weighted by Crippen LogP contribution is 2.08. The van der Waals surface area contributed by atoms with Crippen molar-refractivity contribution in [3.63, 3.8) is 0 Å². The number of methoxy groups -OCH3 is 1. The summed E-state index contributed by atoms with van der Waals surface area (Å²) in [5.41, 5.74) is 1.88. The smallest absolute Gasteiger partial charge is 0.360 e. The fourth-order valence-corrected chi connectivity index (χ4v) is 1.65. The molecule has 0 saturated carbocycles. The van der Waals surface area contributed by atoms with Crippen molar-refractivity contribution >= 4 is 5.97 Å². The zero-order chi connectivity index (χ0) is 14.4. The van der Waals surface area contributed by atoms with Gasteiger partial charge in [-0.3, -0.25) is 4.98 Å². The first-order chi connectivity index (χ1) is 9.72. The van der Waals surface area contributed by atoms with Gasteiger partial charge in [0, 0.05) is 19.5 Å². The summed E-state index contributed by atoms with van der Waals surface area (Å²) in [7, 11) is 1.54. The second-order valence-corrected chi connectivity index (χ2v) is 4.17. The third-order valence-corrected chi connectivity index (χ3v) is 2.75. The lowest BCUT2D eigenvalue weighted by atomic mass is 10.3. The fraction of sp³-hybridized carbons (Fsp3) is 0.385. The molecule has 20 heavy (non-hydrogen) atoms. The monoisotopic (exact) mass is 276 g/mol. The summed E-state index contributed by atoms with van der Waals surface area (Å²) in [4.78, 5) is 15.8. The minimum absolute atomic E-state index is 0.199. The van der Waals surface area contributed by atoms with E-state index in [0.717, 1.165) is 5.56 Å². The van der Waals surface area contributed by atoms with Crippen molar-refractivity contribution in [3.8, 4) is 0 Å². The van der Waals surface area contributed by atoms with Crippen LogP contribution in [-0.4, -0.2) is 46.3 Å². The molecule has 0 N–H and O–H groups in total. The summed E-state index contributed by atoms with van der Waals surface area (Å²) < 4.78 is 11.5. The van der Waals surface area contributed by atoms with E-state index in [1.54, 1.807) is 31.1 Å². The van der Waals surface area contributed by atoms with E-state index in [0.29, 0.717) is 18.8 Å². The highest BCUT2D eigenvalue weighted by Gasteiger charge is 2.17. The van der Waals surface area contributed by atoms with E-state index < -0.39 is 5.97 Å². The molecular weight excluding hydrogens is 260 g/mol. The van der Waals surface area contributed by atoms with E-state index in [1.807, 2.05) is 12.1 Å². The standard InChI is InChI=1S/C13H16N4O3/c1-10-12(13(18)20-7-6-19-2)15-16-17(10)9-11-4-3-5-14-8-11/h3-5,8H,6-7,9H2,1-2H3. The van der Waals surface area contributed by atoms with Gasteiger partial charge in [0.05, 0.1) is 18.8 Å². The number of rotatable bonds is 6. The van der Waals surface area contributed by atoms with Crippen molar-refractivity contribution in [1.82, 2.24) is 20.0 Å². The van der Waals surface area contributed by atoms with Gasteiger partial charge in [0.2, 0.25) is 0 Å². The molecule has 2 aromatic heterocycles. The van der Waals surface area contributed by atoms with Gasteiger partial charge in [0.15, 0.2) is 5.69 Å². The Morgan fingerprint density at radius 1 is 1.40 bits per heavy atom. The molecule has 7 heteroatoms. The van der Waals surface area contributed by atoms with Crippen LogP contribution in [0, 0.1) is 6.92 Å². The molecule has 0 bridgehead atoms. The molecular formula is C13H16N4O3. The summed E-state index contributed by atoms with van der Waals surface area (Å²) in [6.45, 7) is 2.85. The van der Waals surface area contributed by atoms with Gasteiger partial charge in [-0.1, -0.05) is 11.3 Å². The van der Waals surface area contributed by atoms with Crippen LogP contribution in [0.5, 0.6) is 0 Å². The lowest BCUT2D eigenvalue weighted by molar-refractivity contribution is 0.0380. The summed E-state index contributed by atoms with van der Waals surface area (Å²) >= 11 is 0. The summed E-state index contributed by atoms with van der Waals surface area (Å²) in [5, 5.41) is 7.83. The number of hydrogen-bond acceptors (Lipinski definition) is 6. The summed E-state index contributed by atoms with van der Waals surface area (Å²) in [6.07, 6.45) is 3.45. The van der Waals surface area contributed by atoms with Gasteiger partial charge in [-0.05, 0) is 18.6 Å². The van der Waals surface area contributed by atoms with Gasteiger partial charge in [-0.2, -0.15) is 0 Å². The van der Waals surface area contributed by atoms with Gasteiger partial charge < -0.3 is 9.47 Å². The Hall–Kier alpha value is -2.28. The average molecular weight is 276 g/mol. The second-order valence-electron chi connectivity index (χ2n) is 4.17. The zero-order valence-corrected chi connectivity index (χ0v) is 11.4. The normalized spacial score (nSPS) is 10.5. The Bertz CT molecular complexity index is 568. The van der Waals surface area contributed by atoms with Crippen LogP contribution in [-0.2, 0) is 16.0 Å². The second kappa shape index (κ2) is 6.76. The zero-order valence-electron chi connectivity index (χ0n) is 11.4. The average Bonchev–Trinajstić information content (AvgIpc) is 2.82. The third kappa shape index (κ3) is 3.39. The minimum Gasteiger partial charge on any atom is -0.458 e. The number of hydrogen-bond donors (Lipinski definition) is 0. The van der Waals surface area contributed by atoms with Gasteiger partial charge in [0.1, 0.15) is 6.61 Å². The summed E-state index contributed by atoms with van der Waals surface area (Å²) in [6, 6.07) is 3.78. The highest BCUT2D eigenvalue weighted by molar-refractivity contribution is 5.88. The van der Waals surface area contributed by atoms with Crippen LogP contribution in [0.15, 0.2) is 24.5 Å². The topological polar surface area (TPSA) is 79.1 Å². The molecule has 0 aromatic carbocycles. The number of aromatic nitrogens is 4. The highest BCUT2D eigenvalue weighted by atomic mass is 16.6. The third-order valence-electron chi connectivity index (χ3n) is 2.75. The van der Waals surface area contributed by atoms with Gasteiger partial charge in [-0.25, -0.2) is 9.48 Å². The maximum absolute atomic E-state index is 11.8. The van der Waals surface area contributed by atoms with E-state index in [4.69, 9.17) is 9.47 Å². The number of pyridine rings is 1. The van der Waals surface area contributed by atoms with Crippen LogP contribution in [0.4, 0.5) is 0 Å². The molecule has 2 aromatic rings. The molecule has 0 radical (unpaired) electrons. The van der Waals surface area contributed by atoms with Crippen molar-refractivity contribution in [2.75, 3.05) is 20.3 Å². The Labute approximate surface area is 116 Å². The molecule has 0 aliphatic carbocycles. The molecule has 0 aliphatic rings. The lowest BCUT2D eigenvalue weighted by Gasteiger charge is -2.04. The quantitative estimate of drug-likeness (QED) is 0.574. The first-order valence-corrected chi connectivity index (χ1v) is 6.17. The maximum Gasteiger partial charge on any atom is 0.360 e. The molecule has 0 saturated heterocycles. The Balaban J connectivity index is 2.05. The molecule has 0 aliphatic heterocycles. The minimum atomic E-state index is -0.489. The molecule has 0 unspecified atom stereocenters.